The monoisotopic (exact) mass is 482 g/mol. The van der Waals surface area contributed by atoms with E-state index in [1.165, 1.54) is 18.2 Å². The van der Waals surface area contributed by atoms with Gasteiger partial charge in [0.25, 0.3) is 17.7 Å². The SMILES string of the molecule is Cc1ccc(C(=O)CN(C(=O)c2ccc(Cl)c(Cl)c2)N2C(=O)[C@@H]3[C@H](C2=O)[C@H]2C=C[C@@H]3C2)cc1. The molecule has 2 aromatic rings. The van der Waals surface area contributed by atoms with Crippen LogP contribution in [0.3, 0.4) is 0 Å². The lowest BCUT2D eigenvalue weighted by Crippen LogP contribution is -2.52. The predicted octanol–water partition coefficient (Wildman–Crippen LogP) is 4.35. The Morgan fingerprint density at radius 1 is 0.909 bits per heavy atom. The molecule has 8 heteroatoms. The summed E-state index contributed by atoms with van der Waals surface area (Å²) in [6, 6.07) is 11.2. The second kappa shape index (κ2) is 8.12. The minimum Gasteiger partial charge on any atom is -0.292 e. The van der Waals surface area contributed by atoms with Crippen molar-refractivity contribution in [1.82, 2.24) is 10.0 Å². The van der Waals surface area contributed by atoms with Crippen molar-refractivity contribution in [3.05, 3.63) is 81.4 Å². The van der Waals surface area contributed by atoms with Gasteiger partial charge in [0.05, 0.1) is 21.9 Å². The molecule has 1 aliphatic heterocycles. The maximum Gasteiger partial charge on any atom is 0.273 e. The van der Waals surface area contributed by atoms with Crippen molar-refractivity contribution in [2.45, 2.75) is 13.3 Å². The Hall–Kier alpha value is -2.96. The van der Waals surface area contributed by atoms with Crippen LogP contribution in [0.5, 0.6) is 0 Å². The number of carbonyl (C=O) groups is 4. The van der Waals surface area contributed by atoms with E-state index in [4.69, 9.17) is 23.2 Å². The van der Waals surface area contributed by atoms with Gasteiger partial charge in [-0.3, -0.25) is 19.2 Å². The van der Waals surface area contributed by atoms with Crippen LogP contribution in [0.4, 0.5) is 0 Å². The second-order valence-corrected chi connectivity index (χ2v) is 9.58. The van der Waals surface area contributed by atoms with Gasteiger partial charge in [0.1, 0.15) is 6.54 Å². The van der Waals surface area contributed by atoms with Crippen LogP contribution in [0.1, 0.15) is 32.7 Å². The van der Waals surface area contributed by atoms with Gasteiger partial charge in [-0.1, -0.05) is 65.2 Å². The molecule has 3 amide bonds. The fraction of sp³-hybridized carbons (Fsp3) is 0.280. The van der Waals surface area contributed by atoms with Crippen LogP contribution in [-0.4, -0.2) is 40.1 Å². The van der Waals surface area contributed by atoms with Gasteiger partial charge in [-0.25, -0.2) is 5.01 Å². The molecule has 1 saturated heterocycles. The molecule has 0 spiro atoms. The molecular weight excluding hydrogens is 463 g/mol. The quantitative estimate of drug-likeness (QED) is 0.360. The Balaban J connectivity index is 1.51. The standard InChI is InChI=1S/C25H20Cl2N2O4/c1-13-2-4-14(5-3-13)20(30)12-28(23(31)17-8-9-18(26)19(27)11-17)29-24(32)21-15-6-7-16(10-15)22(21)25(29)33/h2-9,11,15-16,21-22H,10,12H2,1H3/t15-,16+,21+,22-. The Morgan fingerprint density at radius 3 is 2.06 bits per heavy atom. The molecular formula is C25H20Cl2N2O4. The van der Waals surface area contributed by atoms with E-state index in [-0.39, 0.29) is 33.2 Å². The lowest BCUT2D eigenvalue weighted by Gasteiger charge is -2.31. The van der Waals surface area contributed by atoms with Gasteiger partial charge in [0.2, 0.25) is 0 Å². The second-order valence-electron chi connectivity index (χ2n) is 8.77. The van der Waals surface area contributed by atoms with Gasteiger partial charge >= 0.3 is 0 Å². The molecule has 0 N–H and O–H groups in total. The molecule has 2 aromatic carbocycles. The maximum atomic E-state index is 13.5. The topological polar surface area (TPSA) is 74.8 Å². The number of hydrazine groups is 1. The lowest BCUT2D eigenvalue weighted by atomic mass is 9.85. The van der Waals surface area contributed by atoms with Crippen LogP contribution in [0, 0.1) is 30.6 Å². The third-order valence-electron chi connectivity index (χ3n) is 6.76. The number of halogens is 2. The number of ketones is 1. The molecule has 2 fully saturated rings. The summed E-state index contributed by atoms with van der Waals surface area (Å²) in [5.41, 5.74) is 1.49. The number of amides is 3. The molecule has 1 heterocycles. The molecule has 6 nitrogen and oxygen atoms in total. The Morgan fingerprint density at radius 2 is 1.48 bits per heavy atom. The minimum atomic E-state index is -0.670. The first-order valence-electron chi connectivity index (χ1n) is 10.7. The highest BCUT2D eigenvalue weighted by Gasteiger charge is 2.61. The highest BCUT2D eigenvalue weighted by Crippen LogP contribution is 2.52. The highest BCUT2D eigenvalue weighted by molar-refractivity contribution is 6.42. The van der Waals surface area contributed by atoms with Crippen molar-refractivity contribution in [2.75, 3.05) is 6.54 Å². The lowest BCUT2D eigenvalue weighted by molar-refractivity contribution is -0.154. The Bertz CT molecular complexity index is 1190. The summed E-state index contributed by atoms with van der Waals surface area (Å²) in [6.45, 7) is 1.44. The number of hydrogen-bond donors (Lipinski definition) is 0. The van der Waals surface area contributed by atoms with Gasteiger partial charge in [-0.2, -0.15) is 5.01 Å². The normalized spacial score (nSPS) is 25.0. The number of rotatable bonds is 5. The van der Waals surface area contributed by atoms with Crippen LogP contribution >= 0.6 is 23.2 Å². The molecule has 3 aliphatic rings. The van der Waals surface area contributed by atoms with Crippen molar-refractivity contribution in [1.29, 1.82) is 0 Å². The number of allylic oxidation sites excluding steroid dienone is 2. The molecule has 0 aromatic heterocycles. The van der Waals surface area contributed by atoms with Crippen molar-refractivity contribution < 1.29 is 19.2 Å². The molecule has 5 rings (SSSR count). The van der Waals surface area contributed by atoms with Gasteiger partial charge < -0.3 is 0 Å². The molecule has 0 unspecified atom stereocenters. The predicted molar refractivity (Wildman–Crippen MR) is 123 cm³/mol. The Labute approximate surface area is 200 Å². The van der Waals surface area contributed by atoms with Crippen LogP contribution in [-0.2, 0) is 9.59 Å². The van der Waals surface area contributed by atoms with Crippen molar-refractivity contribution in [3.8, 4) is 0 Å². The zero-order chi connectivity index (χ0) is 23.4. The summed E-state index contributed by atoms with van der Waals surface area (Å²) in [5.74, 6) is -2.96. The number of fused-ring (bicyclic) bond motifs is 5. The first-order valence-corrected chi connectivity index (χ1v) is 11.4. The highest BCUT2D eigenvalue weighted by atomic mass is 35.5. The molecule has 0 radical (unpaired) electrons. The van der Waals surface area contributed by atoms with E-state index in [0.29, 0.717) is 5.56 Å². The number of imide groups is 1. The fourth-order valence-electron chi connectivity index (χ4n) is 5.10. The van der Waals surface area contributed by atoms with Gasteiger partial charge in [0, 0.05) is 11.1 Å². The van der Waals surface area contributed by atoms with Crippen molar-refractivity contribution >= 4 is 46.7 Å². The van der Waals surface area contributed by atoms with Crippen LogP contribution in [0.15, 0.2) is 54.6 Å². The molecule has 33 heavy (non-hydrogen) atoms. The van der Waals surface area contributed by atoms with E-state index in [2.05, 4.69) is 0 Å². The van der Waals surface area contributed by atoms with E-state index >= 15 is 0 Å². The van der Waals surface area contributed by atoms with Crippen LogP contribution in [0.25, 0.3) is 0 Å². The number of carbonyl (C=O) groups excluding carboxylic acids is 4. The van der Waals surface area contributed by atoms with Gasteiger partial charge in [-0.05, 0) is 43.4 Å². The van der Waals surface area contributed by atoms with E-state index in [1.54, 1.807) is 24.3 Å². The average Bonchev–Trinajstić information content (AvgIpc) is 3.48. The molecule has 4 atom stereocenters. The van der Waals surface area contributed by atoms with Crippen molar-refractivity contribution in [2.24, 2.45) is 23.7 Å². The number of aryl methyl sites for hydroxylation is 1. The van der Waals surface area contributed by atoms with Crippen molar-refractivity contribution in [3.63, 3.8) is 0 Å². The van der Waals surface area contributed by atoms with E-state index < -0.39 is 36.1 Å². The molecule has 1 saturated carbocycles. The zero-order valence-electron chi connectivity index (χ0n) is 17.7. The molecule has 168 valence electrons. The third-order valence-corrected chi connectivity index (χ3v) is 7.50. The smallest absolute Gasteiger partial charge is 0.273 e. The van der Waals surface area contributed by atoms with E-state index in [1.807, 2.05) is 19.1 Å². The number of benzene rings is 2. The maximum absolute atomic E-state index is 13.5. The Kier molecular flexibility index (Phi) is 5.38. The summed E-state index contributed by atoms with van der Waals surface area (Å²) >= 11 is 12.1. The zero-order valence-corrected chi connectivity index (χ0v) is 19.2. The average molecular weight is 483 g/mol. The first-order chi connectivity index (χ1) is 15.8. The minimum absolute atomic E-state index is 0.0174. The summed E-state index contributed by atoms with van der Waals surface area (Å²) in [4.78, 5) is 53.3. The van der Waals surface area contributed by atoms with Crippen LogP contribution < -0.4 is 0 Å². The van der Waals surface area contributed by atoms with Gasteiger partial charge in [0.15, 0.2) is 5.78 Å². The first kappa shape index (κ1) is 21.9. The number of Topliss-reactive ketones (excluding diaryl/α,β-unsaturated/α-hetero) is 1. The molecule has 2 aliphatic carbocycles. The summed E-state index contributed by atoms with van der Waals surface area (Å²) in [5, 5.41) is 2.27. The van der Waals surface area contributed by atoms with Gasteiger partial charge in [-0.15, -0.1) is 0 Å². The summed E-state index contributed by atoms with van der Waals surface area (Å²) in [7, 11) is 0. The number of hydrogen-bond acceptors (Lipinski definition) is 4. The summed E-state index contributed by atoms with van der Waals surface area (Å²) < 4.78 is 0. The number of nitrogens with zero attached hydrogens (tertiary/aromatic N) is 2. The largest absolute Gasteiger partial charge is 0.292 e. The van der Waals surface area contributed by atoms with E-state index in [0.717, 1.165) is 22.0 Å². The fourth-order valence-corrected chi connectivity index (χ4v) is 5.40. The molecule has 2 bridgehead atoms. The summed E-state index contributed by atoms with van der Waals surface area (Å²) in [6.07, 6.45) is 4.72. The van der Waals surface area contributed by atoms with Crippen LogP contribution in [0.2, 0.25) is 10.0 Å². The van der Waals surface area contributed by atoms with E-state index in [9.17, 15) is 19.2 Å². The third kappa shape index (κ3) is 3.58.